The number of rotatable bonds is 4. The Morgan fingerprint density at radius 3 is 2.71 bits per heavy atom. The molecule has 28 heavy (non-hydrogen) atoms. The lowest BCUT2D eigenvalue weighted by Crippen LogP contribution is -1.99. The molecular weight excluding hydrogens is 372 g/mol. The van der Waals surface area contributed by atoms with E-state index in [1.807, 2.05) is 12.1 Å². The molecule has 1 heterocycles. The van der Waals surface area contributed by atoms with Crippen LogP contribution in [-0.2, 0) is 6.61 Å². The molecule has 0 N–H and O–H groups in total. The molecule has 4 heteroatoms. The average molecular weight is 391 g/mol. The van der Waals surface area contributed by atoms with E-state index in [1.165, 1.54) is 11.1 Å². The van der Waals surface area contributed by atoms with Crippen molar-refractivity contribution in [2.75, 3.05) is 0 Å². The van der Waals surface area contributed by atoms with Gasteiger partial charge in [0.25, 0.3) is 0 Å². The quantitative estimate of drug-likeness (QED) is 0.501. The smallest absolute Gasteiger partial charge is 0.231 e. The van der Waals surface area contributed by atoms with Gasteiger partial charge >= 0.3 is 0 Å². The van der Waals surface area contributed by atoms with Crippen LogP contribution in [0.1, 0.15) is 32.6 Å². The van der Waals surface area contributed by atoms with Gasteiger partial charge in [0.15, 0.2) is 5.76 Å². The number of benzene rings is 3. The Balaban J connectivity index is 1.53. The summed E-state index contributed by atoms with van der Waals surface area (Å²) >= 11 is 6.01. The summed E-state index contributed by atoms with van der Waals surface area (Å²) in [6.07, 6.45) is 1.70. The Morgan fingerprint density at radius 1 is 1.04 bits per heavy atom. The van der Waals surface area contributed by atoms with Crippen LogP contribution < -0.4 is 9.47 Å². The van der Waals surface area contributed by atoms with Crippen LogP contribution in [0.3, 0.4) is 0 Å². The van der Waals surface area contributed by atoms with Crippen molar-refractivity contribution in [3.8, 4) is 11.5 Å². The number of hydrogen-bond donors (Lipinski definition) is 0. The highest BCUT2D eigenvalue weighted by molar-refractivity contribution is 6.30. The van der Waals surface area contributed by atoms with Gasteiger partial charge in [-0.25, -0.2) is 0 Å². The summed E-state index contributed by atoms with van der Waals surface area (Å²) in [5, 5.41) is 0.611. The molecule has 3 aromatic carbocycles. The molecule has 0 aliphatic carbocycles. The molecule has 3 nitrogen and oxygen atoms in total. The highest BCUT2D eigenvalue weighted by Crippen LogP contribution is 2.35. The van der Waals surface area contributed by atoms with E-state index < -0.39 is 0 Å². The summed E-state index contributed by atoms with van der Waals surface area (Å²) in [5.41, 5.74) is 4.87. The van der Waals surface area contributed by atoms with E-state index >= 15 is 0 Å². The van der Waals surface area contributed by atoms with Gasteiger partial charge in [0, 0.05) is 11.1 Å². The van der Waals surface area contributed by atoms with Crippen molar-refractivity contribution in [3.05, 3.63) is 99.3 Å². The van der Waals surface area contributed by atoms with Crippen LogP contribution in [-0.4, -0.2) is 5.78 Å². The van der Waals surface area contributed by atoms with Crippen LogP contribution in [0.2, 0.25) is 5.02 Å². The molecule has 0 bridgehead atoms. The van der Waals surface area contributed by atoms with E-state index in [1.54, 1.807) is 36.4 Å². The minimum absolute atomic E-state index is 0.143. The number of halogens is 1. The third-order valence-corrected chi connectivity index (χ3v) is 4.92. The molecule has 1 aliphatic heterocycles. The van der Waals surface area contributed by atoms with Gasteiger partial charge in [-0.15, -0.1) is 0 Å². The van der Waals surface area contributed by atoms with Crippen molar-refractivity contribution in [2.45, 2.75) is 20.5 Å². The first-order valence-corrected chi connectivity index (χ1v) is 9.40. The Bertz CT molecular complexity index is 1100. The van der Waals surface area contributed by atoms with E-state index in [0.717, 1.165) is 11.1 Å². The highest BCUT2D eigenvalue weighted by atomic mass is 35.5. The SMILES string of the molecule is Cc1ccc(C)c(COc2ccc3c(c2)O/C(=C/c2cccc(Cl)c2)C3=O)c1. The topological polar surface area (TPSA) is 35.5 Å². The van der Waals surface area contributed by atoms with E-state index in [2.05, 4.69) is 32.0 Å². The van der Waals surface area contributed by atoms with Gasteiger partial charge in [-0.1, -0.05) is 47.5 Å². The minimum Gasteiger partial charge on any atom is -0.489 e. The number of aryl methyl sites for hydroxylation is 2. The van der Waals surface area contributed by atoms with Crippen LogP contribution >= 0.6 is 11.6 Å². The van der Waals surface area contributed by atoms with Crippen molar-refractivity contribution in [1.82, 2.24) is 0 Å². The number of allylic oxidation sites excluding steroid dienone is 1. The largest absolute Gasteiger partial charge is 0.489 e. The lowest BCUT2D eigenvalue weighted by Gasteiger charge is -2.10. The second kappa shape index (κ2) is 7.53. The van der Waals surface area contributed by atoms with Gasteiger partial charge in [-0.2, -0.15) is 0 Å². The van der Waals surface area contributed by atoms with Crippen molar-refractivity contribution in [3.63, 3.8) is 0 Å². The van der Waals surface area contributed by atoms with E-state index in [-0.39, 0.29) is 11.5 Å². The molecule has 0 saturated carbocycles. The Labute approximate surface area is 169 Å². The maximum atomic E-state index is 12.6. The predicted octanol–water partition coefficient (Wildman–Crippen LogP) is 6.15. The molecule has 0 unspecified atom stereocenters. The number of hydrogen-bond acceptors (Lipinski definition) is 3. The summed E-state index contributed by atoms with van der Waals surface area (Å²) in [7, 11) is 0. The number of fused-ring (bicyclic) bond motifs is 1. The van der Waals surface area contributed by atoms with Crippen LogP contribution in [0, 0.1) is 13.8 Å². The average Bonchev–Trinajstić information content (AvgIpc) is 2.97. The minimum atomic E-state index is -0.143. The van der Waals surface area contributed by atoms with Gasteiger partial charge in [0.1, 0.15) is 18.1 Å². The normalized spacial score (nSPS) is 14.1. The number of carbonyl (C=O) groups excluding carboxylic acids is 1. The van der Waals surface area contributed by atoms with Gasteiger partial charge in [0.2, 0.25) is 5.78 Å². The molecule has 0 radical (unpaired) electrons. The fourth-order valence-electron chi connectivity index (χ4n) is 3.12. The van der Waals surface area contributed by atoms with Gasteiger partial charge in [-0.05, 0) is 60.9 Å². The first kappa shape index (κ1) is 18.3. The maximum Gasteiger partial charge on any atom is 0.231 e. The summed E-state index contributed by atoms with van der Waals surface area (Å²) < 4.78 is 11.7. The molecule has 0 aromatic heterocycles. The van der Waals surface area contributed by atoms with Crippen molar-refractivity contribution in [2.24, 2.45) is 0 Å². The van der Waals surface area contributed by atoms with Crippen LogP contribution in [0.15, 0.2) is 66.4 Å². The molecule has 0 spiro atoms. The monoisotopic (exact) mass is 390 g/mol. The first-order valence-electron chi connectivity index (χ1n) is 9.02. The van der Waals surface area contributed by atoms with E-state index in [4.69, 9.17) is 21.1 Å². The Morgan fingerprint density at radius 2 is 1.89 bits per heavy atom. The lowest BCUT2D eigenvalue weighted by molar-refractivity contribution is 0.101. The second-order valence-electron chi connectivity index (χ2n) is 6.87. The molecule has 4 rings (SSSR count). The van der Waals surface area contributed by atoms with Crippen LogP contribution in [0.5, 0.6) is 11.5 Å². The fraction of sp³-hybridized carbons (Fsp3) is 0.125. The fourth-order valence-corrected chi connectivity index (χ4v) is 3.32. The molecule has 140 valence electrons. The molecule has 0 saturated heterocycles. The molecule has 1 aliphatic rings. The summed E-state index contributed by atoms with van der Waals surface area (Å²) in [6.45, 7) is 4.59. The third-order valence-electron chi connectivity index (χ3n) is 4.69. The Hall–Kier alpha value is -3.04. The number of ketones is 1. The molecule has 0 amide bonds. The van der Waals surface area contributed by atoms with Gasteiger partial charge in [-0.3, -0.25) is 4.79 Å². The van der Waals surface area contributed by atoms with Crippen molar-refractivity contribution in [1.29, 1.82) is 0 Å². The molecule has 3 aromatic rings. The number of carbonyl (C=O) groups is 1. The highest BCUT2D eigenvalue weighted by Gasteiger charge is 2.27. The predicted molar refractivity (Wildman–Crippen MR) is 111 cm³/mol. The van der Waals surface area contributed by atoms with Crippen molar-refractivity contribution >= 4 is 23.5 Å². The summed E-state index contributed by atoms with van der Waals surface area (Å²) in [6, 6.07) is 18.9. The van der Waals surface area contributed by atoms with Crippen molar-refractivity contribution < 1.29 is 14.3 Å². The number of Topliss-reactive ketones (excluding diaryl/α,β-unsaturated/α-hetero) is 1. The second-order valence-corrected chi connectivity index (χ2v) is 7.31. The first-order chi connectivity index (χ1) is 13.5. The van der Waals surface area contributed by atoms with Crippen LogP contribution in [0.4, 0.5) is 0 Å². The zero-order valence-electron chi connectivity index (χ0n) is 15.7. The lowest BCUT2D eigenvalue weighted by atomic mass is 10.1. The van der Waals surface area contributed by atoms with Crippen LogP contribution in [0.25, 0.3) is 6.08 Å². The molecule has 0 atom stereocenters. The maximum absolute atomic E-state index is 12.6. The van der Waals surface area contributed by atoms with E-state index in [9.17, 15) is 4.79 Å². The van der Waals surface area contributed by atoms with Gasteiger partial charge in [0.05, 0.1) is 5.56 Å². The number of ether oxygens (including phenoxy) is 2. The summed E-state index contributed by atoms with van der Waals surface area (Å²) in [5.74, 6) is 1.31. The zero-order valence-corrected chi connectivity index (χ0v) is 16.4. The molecule has 0 fully saturated rings. The third kappa shape index (κ3) is 3.80. The zero-order chi connectivity index (χ0) is 19.7. The molecular formula is C24H19ClO3. The standard InChI is InChI=1S/C24H19ClO3/c1-15-6-7-16(2)18(10-15)14-27-20-8-9-21-22(13-20)28-23(24(21)26)12-17-4-3-5-19(25)11-17/h3-13H,14H2,1-2H3/b23-12+. The van der Waals surface area contributed by atoms with E-state index in [0.29, 0.717) is 28.7 Å². The summed E-state index contributed by atoms with van der Waals surface area (Å²) in [4.78, 5) is 12.6. The van der Waals surface area contributed by atoms with Gasteiger partial charge < -0.3 is 9.47 Å². The Kier molecular flexibility index (Phi) is 4.93.